The topological polar surface area (TPSA) is 76.2 Å². The molecule has 1 atom stereocenters. The predicted molar refractivity (Wildman–Crippen MR) is 124 cm³/mol. The van der Waals surface area contributed by atoms with Gasteiger partial charge in [0.2, 0.25) is 0 Å². The largest absolute Gasteiger partial charge is 0.493 e. The van der Waals surface area contributed by atoms with E-state index in [0.29, 0.717) is 22.1 Å². The van der Waals surface area contributed by atoms with Gasteiger partial charge in [-0.2, -0.15) is 0 Å². The van der Waals surface area contributed by atoms with Gasteiger partial charge in [-0.15, -0.1) is 11.3 Å². The number of nitrogens with zero attached hydrogens (tertiary/aromatic N) is 1. The summed E-state index contributed by atoms with van der Waals surface area (Å²) in [7, 11) is 3.20. The minimum atomic E-state index is -0.103. The summed E-state index contributed by atoms with van der Waals surface area (Å²) in [6.45, 7) is 3.88. The first-order chi connectivity index (χ1) is 15.0. The molecule has 0 saturated carbocycles. The molecule has 0 radical (unpaired) electrons. The van der Waals surface area contributed by atoms with Crippen molar-refractivity contribution in [2.75, 3.05) is 14.2 Å². The number of carbonyl (C=O) groups is 1. The van der Waals surface area contributed by atoms with E-state index < -0.39 is 0 Å². The van der Waals surface area contributed by atoms with Gasteiger partial charge in [-0.05, 0) is 50.1 Å². The third-order valence-corrected chi connectivity index (χ3v) is 6.42. The summed E-state index contributed by atoms with van der Waals surface area (Å²) in [6.07, 6.45) is 2.76. The highest BCUT2D eigenvalue weighted by Crippen LogP contribution is 2.35. The summed E-state index contributed by atoms with van der Waals surface area (Å²) in [5.41, 5.74) is 3.90. The van der Waals surface area contributed by atoms with Crippen LogP contribution in [0.15, 0.2) is 48.7 Å². The Kier molecular flexibility index (Phi) is 5.95. The zero-order valence-electron chi connectivity index (χ0n) is 18.0. The Bertz CT molecular complexity index is 1230. The molecule has 6 nitrogen and oxygen atoms in total. The molecule has 4 aromatic rings. The van der Waals surface area contributed by atoms with E-state index in [9.17, 15) is 4.79 Å². The number of ether oxygens (including phenoxy) is 2. The van der Waals surface area contributed by atoms with Crippen LogP contribution in [0, 0.1) is 6.92 Å². The number of hydrogen-bond acceptors (Lipinski definition) is 5. The van der Waals surface area contributed by atoms with Crippen LogP contribution in [0.1, 0.15) is 27.9 Å². The molecular formula is C24H25N3O3S. The molecule has 2 aromatic carbocycles. The van der Waals surface area contributed by atoms with Crippen molar-refractivity contribution in [3.05, 3.63) is 64.8 Å². The number of rotatable bonds is 7. The molecule has 1 amide bonds. The van der Waals surface area contributed by atoms with Crippen molar-refractivity contribution >= 4 is 28.1 Å². The number of H-pyrrole nitrogens is 1. The van der Waals surface area contributed by atoms with Crippen LogP contribution in [0.5, 0.6) is 11.5 Å². The van der Waals surface area contributed by atoms with Crippen molar-refractivity contribution in [1.29, 1.82) is 0 Å². The molecule has 0 bridgehead atoms. The molecule has 0 aliphatic rings. The molecule has 2 heterocycles. The molecule has 7 heteroatoms. The van der Waals surface area contributed by atoms with E-state index in [-0.39, 0.29) is 11.9 Å². The number of para-hydroxylation sites is 1. The van der Waals surface area contributed by atoms with Gasteiger partial charge in [-0.1, -0.05) is 18.2 Å². The molecule has 0 fully saturated rings. The second-order valence-electron chi connectivity index (χ2n) is 7.44. The van der Waals surface area contributed by atoms with Crippen molar-refractivity contribution < 1.29 is 14.3 Å². The van der Waals surface area contributed by atoms with Crippen LogP contribution < -0.4 is 14.8 Å². The van der Waals surface area contributed by atoms with Gasteiger partial charge in [0, 0.05) is 28.7 Å². The van der Waals surface area contributed by atoms with Crippen LogP contribution in [0.2, 0.25) is 0 Å². The Morgan fingerprint density at radius 1 is 1.16 bits per heavy atom. The number of nitrogens with one attached hydrogen (secondary N) is 2. The molecule has 0 spiro atoms. The number of fused-ring (bicyclic) bond motifs is 1. The number of methoxy groups -OCH3 is 2. The van der Waals surface area contributed by atoms with Gasteiger partial charge in [-0.3, -0.25) is 4.79 Å². The van der Waals surface area contributed by atoms with E-state index in [0.717, 1.165) is 22.5 Å². The fourth-order valence-electron chi connectivity index (χ4n) is 3.67. The van der Waals surface area contributed by atoms with Crippen LogP contribution >= 0.6 is 11.3 Å². The SMILES string of the molecule is COc1ccc(-c2nc(C)c(C(=O)N[C@H](C)Cc3c[nH]c4ccccc34)s2)cc1OC. The molecule has 2 N–H and O–H groups in total. The van der Waals surface area contributed by atoms with E-state index in [2.05, 4.69) is 27.4 Å². The van der Waals surface area contributed by atoms with Crippen molar-refractivity contribution in [3.63, 3.8) is 0 Å². The minimum absolute atomic E-state index is 0.0160. The van der Waals surface area contributed by atoms with Crippen molar-refractivity contribution in [3.8, 4) is 22.1 Å². The number of aromatic nitrogens is 2. The van der Waals surface area contributed by atoms with Crippen molar-refractivity contribution in [2.24, 2.45) is 0 Å². The van der Waals surface area contributed by atoms with Gasteiger partial charge in [-0.25, -0.2) is 4.98 Å². The van der Waals surface area contributed by atoms with Gasteiger partial charge >= 0.3 is 0 Å². The van der Waals surface area contributed by atoms with Gasteiger partial charge < -0.3 is 19.8 Å². The summed E-state index contributed by atoms with van der Waals surface area (Å²) < 4.78 is 10.7. The lowest BCUT2D eigenvalue weighted by molar-refractivity contribution is 0.0943. The van der Waals surface area contributed by atoms with Crippen LogP contribution in [0.25, 0.3) is 21.5 Å². The fraction of sp³-hybridized carbons (Fsp3) is 0.250. The number of hydrogen-bond donors (Lipinski definition) is 2. The minimum Gasteiger partial charge on any atom is -0.493 e. The Balaban J connectivity index is 1.50. The first-order valence-electron chi connectivity index (χ1n) is 10.1. The van der Waals surface area contributed by atoms with Gasteiger partial charge in [0.05, 0.1) is 19.9 Å². The Morgan fingerprint density at radius 2 is 1.94 bits per heavy atom. The normalized spacial score (nSPS) is 12.0. The Hall–Kier alpha value is -3.32. The number of amides is 1. The van der Waals surface area contributed by atoms with E-state index >= 15 is 0 Å². The Labute approximate surface area is 185 Å². The van der Waals surface area contributed by atoms with E-state index in [1.54, 1.807) is 14.2 Å². The average molecular weight is 436 g/mol. The maximum absolute atomic E-state index is 12.9. The zero-order valence-corrected chi connectivity index (χ0v) is 18.8. The second-order valence-corrected chi connectivity index (χ2v) is 8.44. The van der Waals surface area contributed by atoms with E-state index in [4.69, 9.17) is 9.47 Å². The van der Waals surface area contributed by atoms with Gasteiger partial charge in [0.15, 0.2) is 11.5 Å². The van der Waals surface area contributed by atoms with Gasteiger partial charge in [0.1, 0.15) is 9.88 Å². The number of carbonyl (C=O) groups excluding carboxylic acids is 1. The third kappa shape index (κ3) is 4.27. The summed E-state index contributed by atoms with van der Waals surface area (Å²) in [4.78, 5) is 21.5. The molecule has 0 aliphatic carbocycles. The number of aryl methyl sites for hydroxylation is 1. The highest BCUT2D eigenvalue weighted by molar-refractivity contribution is 7.17. The van der Waals surface area contributed by atoms with Crippen LogP contribution in [-0.2, 0) is 6.42 Å². The average Bonchev–Trinajstić information content (AvgIpc) is 3.37. The summed E-state index contributed by atoms with van der Waals surface area (Å²) >= 11 is 1.38. The fourth-order valence-corrected chi connectivity index (χ4v) is 4.64. The molecule has 0 unspecified atom stereocenters. The maximum atomic E-state index is 12.9. The van der Waals surface area contributed by atoms with Crippen LogP contribution in [0.4, 0.5) is 0 Å². The number of benzene rings is 2. The lowest BCUT2D eigenvalue weighted by Crippen LogP contribution is -2.33. The van der Waals surface area contributed by atoms with Gasteiger partial charge in [0.25, 0.3) is 5.91 Å². The number of thiazole rings is 1. The van der Waals surface area contributed by atoms with Crippen molar-refractivity contribution in [1.82, 2.24) is 15.3 Å². The highest BCUT2D eigenvalue weighted by atomic mass is 32.1. The van der Waals surface area contributed by atoms with Crippen molar-refractivity contribution in [2.45, 2.75) is 26.3 Å². The summed E-state index contributed by atoms with van der Waals surface area (Å²) in [5, 5.41) is 5.08. The third-order valence-electron chi connectivity index (χ3n) is 5.21. The quantitative estimate of drug-likeness (QED) is 0.429. The molecule has 0 aliphatic heterocycles. The van der Waals surface area contributed by atoms with Crippen LogP contribution in [-0.4, -0.2) is 36.1 Å². The second kappa shape index (κ2) is 8.81. The predicted octanol–water partition coefficient (Wildman–Crippen LogP) is 4.98. The first-order valence-corrected chi connectivity index (χ1v) is 10.9. The molecule has 4 rings (SSSR count). The first kappa shape index (κ1) is 20.9. The molecule has 31 heavy (non-hydrogen) atoms. The molecular weight excluding hydrogens is 410 g/mol. The lowest BCUT2D eigenvalue weighted by atomic mass is 10.1. The lowest BCUT2D eigenvalue weighted by Gasteiger charge is -2.13. The molecule has 2 aromatic heterocycles. The molecule has 0 saturated heterocycles. The number of aromatic amines is 1. The zero-order chi connectivity index (χ0) is 22.0. The standard InChI is InChI=1S/C24H25N3O3S/c1-14(11-17-13-25-19-8-6-5-7-18(17)19)26-23(28)22-15(2)27-24(31-22)16-9-10-20(29-3)21(12-16)30-4/h5-10,12-14,25H,11H2,1-4H3,(H,26,28)/t14-/m1/s1. The molecule has 160 valence electrons. The Morgan fingerprint density at radius 3 is 2.71 bits per heavy atom. The smallest absolute Gasteiger partial charge is 0.263 e. The summed E-state index contributed by atoms with van der Waals surface area (Å²) in [5.74, 6) is 1.18. The highest BCUT2D eigenvalue weighted by Gasteiger charge is 2.19. The summed E-state index contributed by atoms with van der Waals surface area (Å²) in [6, 6.07) is 13.8. The van der Waals surface area contributed by atoms with E-state index in [1.807, 2.05) is 50.4 Å². The van der Waals surface area contributed by atoms with Crippen LogP contribution in [0.3, 0.4) is 0 Å². The maximum Gasteiger partial charge on any atom is 0.263 e. The monoisotopic (exact) mass is 435 g/mol. The van der Waals surface area contributed by atoms with E-state index in [1.165, 1.54) is 22.3 Å².